The summed E-state index contributed by atoms with van der Waals surface area (Å²) < 4.78 is 0. The molecule has 0 aliphatic rings. The van der Waals surface area contributed by atoms with Crippen molar-refractivity contribution in [1.29, 1.82) is 0 Å². The Balaban J connectivity index is 2.73. The highest BCUT2D eigenvalue weighted by Gasteiger charge is 2.10. The number of allylic oxidation sites excluding steroid dienone is 1. The minimum absolute atomic E-state index is 0.252. The molecule has 0 saturated heterocycles. The van der Waals surface area contributed by atoms with E-state index in [0.29, 0.717) is 5.02 Å². The van der Waals surface area contributed by atoms with E-state index in [9.17, 15) is 4.79 Å². The Morgan fingerprint density at radius 1 is 1.24 bits per heavy atom. The van der Waals surface area contributed by atoms with Crippen molar-refractivity contribution in [2.45, 2.75) is 33.6 Å². The van der Waals surface area contributed by atoms with Gasteiger partial charge < -0.3 is 0 Å². The minimum atomic E-state index is 0.252. The SMILES string of the molecule is CC(C)(C)CCC(C=O)=Cc1ccc(Cl)cc1. The lowest BCUT2D eigenvalue weighted by Crippen LogP contribution is -2.05. The highest BCUT2D eigenvalue weighted by atomic mass is 35.5. The second-order valence-corrected chi connectivity index (χ2v) is 5.89. The summed E-state index contributed by atoms with van der Waals surface area (Å²) in [4.78, 5) is 11.0. The summed E-state index contributed by atoms with van der Waals surface area (Å²) in [5.74, 6) is 0. The highest BCUT2D eigenvalue weighted by Crippen LogP contribution is 2.23. The molecule has 1 rings (SSSR count). The second kappa shape index (κ2) is 6.02. The van der Waals surface area contributed by atoms with Gasteiger partial charge in [-0.3, -0.25) is 4.79 Å². The molecule has 92 valence electrons. The third-order valence-corrected chi connectivity index (χ3v) is 2.79. The van der Waals surface area contributed by atoms with E-state index < -0.39 is 0 Å². The van der Waals surface area contributed by atoms with Crippen molar-refractivity contribution in [1.82, 2.24) is 0 Å². The Morgan fingerprint density at radius 3 is 2.29 bits per heavy atom. The van der Waals surface area contributed by atoms with Crippen LogP contribution in [-0.4, -0.2) is 6.29 Å². The largest absolute Gasteiger partial charge is 0.298 e. The van der Waals surface area contributed by atoms with E-state index in [4.69, 9.17) is 11.6 Å². The monoisotopic (exact) mass is 250 g/mol. The van der Waals surface area contributed by atoms with Crippen LogP contribution in [0.2, 0.25) is 5.02 Å². The van der Waals surface area contributed by atoms with Crippen LogP contribution < -0.4 is 0 Å². The fourth-order valence-electron chi connectivity index (χ4n) is 1.46. The number of rotatable bonds is 4. The minimum Gasteiger partial charge on any atom is -0.298 e. The van der Waals surface area contributed by atoms with Crippen LogP contribution in [-0.2, 0) is 4.79 Å². The molecule has 0 bridgehead atoms. The summed E-state index contributed by atoms with van der Waals surface area (Å²) in [6, 6.07) is 7.50. The first-order valence-corrected chi connectivity index (χ1v) is 6.20. The van der Waals surface area contributed by atoms with Gasteiger partial charge in [0.15, 0.2) is 0 Å². The van der Waals surface area contributed by atoms with Gasteiger partial charge in [0.05, 0.1) is 0 Å². The van der Waals surface area contributed by atoms with E-state index in [0.717, 1.165) is 30.3 Å². The van der Waals surface area contributed by atoms with Gasteiger partial charge in [0.1, 0.15) is 6.29 Å². The smallest absolute Gasteiger partial charge is 0.146 e. The Labute approximate surface area is 108 Å². The lowest BCUT2D eigenvalue weighted by molar-refractivity contribution is -0.105. The quantitative estimate of drug-likeness (QED) is 0.557. The molecule has 0 N–H and O–H groups in total. The molecule has 0 spiro atoms. The standard InChI is InChI=1S/C15H19ClO/c1-15(2,3)9-8-13(11-17)10-12-4-6-14(16)7-5-12/h4-7,10-11H,8-9H2,1-3H3. The van der Waals surface area contributed by atoms with Crippen LogP contribution in [0.1, 0.15) is 39.2 Å². The lowest BCUT2D eigenvalue weighted by atomic mass is 9.88. The number of halogens is 1. The Hall–Kier alpha value is -1.08. The van der Waals surface area contributed by atoms with Crippen LogP contribution >= 0.6 is 11.6 Å². The van der Waals surface area contributed by atoms with Gasteiger partial charge in [0, 0.05) is 5.02 Å². The molecule has 0 fully saturated rings. The van der Waals surface area contributed by atoms with E-state index in [2.05, 4.69) is 20.8 Å². The summed E-state index contributed by atoms with van der Waals surface area (Å²) in [5.41, 5.74) is 2.11. The van der Waals surface area contributed by atoms with Gasteiger partial charge >= 0.3 is 0 Å². The first-order chi connectivity index (χ1) is 7.90. The molecule has 0 aromatic heterocycles. The molecule has 0 aliphatic carbocycles. The molecule has 0 saturated carbocycles. The highest BCUT2D eigenvalue weighted by molar-refractivity contribution is 6.30. The van der Waals surface area contributed by atoms with Gasteiger partial charge in [0.25, 0.3) is 0 Å². The maximum atomic E-state index is 11.0. The molecule has 0 atom stereocenters. The molecule has 0 unspecified atom stereocenters. The maximum absolute atomic E-state index is 11.0. The first-order valence-electron chi connectivity index (χ1n) is 5.82. The van der Waals surface area contributed by atoms with Gasteiger partial charge in [-0.15, -0.1) is 0 Å². The zero-order chi connectivity index (χ0) is 12.9. The molecular formula is C15H19ClO. The van der Waals surface area contributed by atoms with Crippen LogP contribution in [0, 0.1) is 5.41 Å². The van der Waals surface area contributed by atoms with Crippen molar-refractivity contribution in [3.05, 3.63) is 40.4 Å². The van der Waals surface area contributed by atoms with Crippen molar-refractivity contribution in [3.63, 3.8) is 0 Å². The summed E-state index contributed by atoms with van der Waals surface area (Å²) in [5, 5.41) is 0.712. The van der Waals surface area contributed by atoms with E-state index in [-0.39, 0.29) is 5.41 Å². The Kier molecular flexibility index (Phi) is 4.95. The molecular weight excluding hydrogens is 232 g/mol. The number of carbonyl (C=O) groups is 1. The summed E-state index contributed by atoms with van der Waals surface area (Å²) in [6.07, 6.45) is 4.69. The van der Waals surface area contributed by atoms with Crippen LogP contribution in [0.3, 0.4) is 0 Å². The Bertz CT molecular complexity index is 396. The predicted octanol–water partition coefficient (Wildman–Crippen LogP) is 4.75. The predicted molar refractivity (Wildman–Crippen MR) is 74.2 cm³/mol. The molecule has 1 aromatic rings. The molecule has 1 aromatic carbocycles. The molecule has 17 heavy (non-hydrogen) atoms. The van der Waals surface area contributed by atoms with Crippen molar-refractivity contribution >= 4 is 24.0 Å². The van der Waals surface area contributed by atoms with Crippen molar-refractivity contribution in [2.24, 2.45) is 5.41 Å². The van der Waals surface area contributed by atoms with Crippen LogP contribution in [0.4, 0.5) is 0 Å². The average molecular weight is 251 g/mol. The van der Waals surface area contributed by atoms with Gasteiger partial charge in [0.2, 0.25) is 0 Å². The van der Waals surface area contributed by atoms with E-state index in [1.165, 1.54) is 0 Å². The van der Waals surface area contributed by atoms with Gasteiger partial charge in [-0.05, 0) is 47.6 Å². The topological polar surface area (TPSA) is 17.1 Å². The number of hydrogen-bond acceptors (Lipinski definition) is 1. The average Bonchev–Trinajstić information content (AvgIpc) is 2.25. The van der Waals surface area contributed by atoms with E-state index in [1.54, 1.807) is 0 Å². The van der Waals surface area contributed by atoms with Gasteiger partial charge in [-0.25, -0.2) is 0 Å². The molecule has 2 heteroatoms. The van der Waals surface area contributed by atoms with Crippen LogP contribution in [0.5, 0.6) is 0 Å². The number of aldehydes is 1. The zero-order valence-corrected chi connectivity index (χ0v) is 11.4. The summed E-state index contributed by atoms with van der Waals surface area (Å²) in [7, 11) is 0. The number of carbonyl (C=O) groups excluding carboxylic acids is 1. The number of benzene rings is 1. The molecule has 0 heterocycles. The third kappa shape index (κ3) is 5.69. The Morgan fingerprint density at radius 2 is 1.82 bits per heavy atom. The molecule has 0 radical (unpaired) electrons. The first kappa shape index (κ1) is 14.0. The summed E-state index contributed by atoms with van der Waals surface area (Å²) in [6.45, 7) is 6.53. The molecule has 0 amide bonds. The second-order valence-electron chi connectivity index (χ2n) is 5.45. The normalized spacial score (nSPS) is 12.6. The third-order valence-electron chi connectivity index (χ3n) is 2.54. The van der Waals surface area contributed by atoms with Crippen molar-refractivity contribution < 1.29 is 4.79 Å². The van der Waals surface area contributed by atoms with Crippen molar-refractivity contribution in [2.75, 3.05) is 0 Å². The van der Waals surface area contributed by atoms with Crippen molar-refractivity contribution in [3.8, 4) is 0 Å². The lowest BCUT2D eigenvalue weighted by Gasteiger charge is -2.17. The maximum Gasteiger partial charge on any atom is 0.146 e. The zero-order valence-electron chi connectivity index (χ0n) is 10.7. The molecule has 0 aliphatic heterocycles. The van der Waals surface area contributed by atoms with Crippen LogP contribution in [0.25, 0.3) is 6.08 Å². The molecule has 1 nitrogen and oxygen atoms in total. The fourth-order valence-corrected chi connectivity index (χ4v) is 1.58. The fraction of sp³-hybridized carbons (Fsp3) is 0.400. The number of hydrogen-bond donors (Lipinski definition) is 0. The van der Waals surface area contributed by atoms with E-state index >= 15 is 0 Å². The van der Waals surface area contributed by atoms with Gasteiger partial charge in [-0.1, -0.05) is 44.5 Å². The van der Waals surface area contributed by atoms with Crippen LogP contribution in [0.15, 0.2) is 29.8 Å². The van der Waals surface area contributed by atoms with Gasteiger partial charge in [-0.2, -0.15) is 0 Å². The summed E-state index contributed by atoms with van der Waals surface area (Å²) >= 11 is 5.81. The van der Waals surface area contributed by atoms with E-state index in [1.807, 2.05) is 30.3 Å².